The Morgan fingerprint density at radius 3 is 2.00 bits per heavy atom. The Balaban J connectivity index is 3.45. The number of nitrogens with zero attached hydrogens (tertiary/aromatic N) is 1. The second kappa shape index (κ2) is 9.80. The van der Waals surface area contributed by atoms with Crippen molar-refractivity contribution in [3.8, 4) is 0 Å². The number of unbranched alkanes of at least 4 members (excludes halogenated alkanes) is 1. The maximum Gasteiger partial charge on any atom is 0.0540 e. The summed E-state index contributed by atoms with van der Waals surface area (Å²) in [6, 6.07) is 0. The lowest BCUT2D eigenvalue weighted by Gasteiger charge is -2.20. The lowest BCUT2D eigenvalue weighted by atomic mass is 9.89. The molecule has 0 radical (unpaired) electrons. The third kappa shape index (κ3) is 11.0. The molecule has 1 N–H and O–H groups in total. The quantitative estimate of drug-likeness (QED) is 0.596. The average Bonchev–Trinajstić information content (AvgIpc) is 2.27. The van der Waals surface area contributed by atoms with Gasteiger partial charge in [-0.05, 0) is 57.2 Å². The highest BCUT2D eigenvalue weighted by atomic mass is 16.3. The predicted molar refractivity (Wildman–Crippen MR) is 81.0 cm³/mol. The van der Waals surface area contributed by atoms with Crippen molar-refractivity contribution in [2.75, 3.05) is 19.6 Å². The van der Waals surface area contributed by atoms with Crippen LogP contribution in [-0.2, 0) is 0 Å². The van der Waals surface area contributed by atoms with Crippen molar-refractivity contribution in [2.45, 2.75) is 79.2 Å². The minimum Gasteiger partial charge on any atom is -0.393 e. The zero-order valence-electron chi connectivity index (χ0n) is 13.3. The fourth-order valence-corrected chi connectivity index (χ4v) is 2.27. The first-order valence-electron chi connectivity index (χ1n) is 7.79. The van der Waals surface area contributed by atoms with E-state index in [4.69, 9.17) is 0 Å². The lowest BCUT2D eigenvalue weighted by Crippen LogP contribution is -2.24. The maximum atomic E-state index is 9.91. The largest absolute Gasteiger partial charge is 0.393 e. The molecule has 18 heavy (non-hydrogen) atoms. The molecule has 0 aromatic heterocycles. The number of rotatable bonds is 10. The SMILES string of the molecule is CCN(CC)CCCC[C@H](O)CCCC(C)(C)C. The van der Waals surface area contributed by atoms with E-state index >= 15 is 0 Å². The van der Waals surface area contributed by atoms with Crippen molar-refractivity contribution in [3.05, 3.63) is 0 Å². The molecule has 0 aliphatic heterocycles. The van der Waals surface area contributed by atoms with E-state index in [1.165, 1.54) is 19.4 Å². The minimum atomic E-state index is -0.0796. The Labute approximate surface area is 115 Å². The van der Waals surface area contributed by atoms with Crippen LogP contribution in [0.5, 0.6) is 0 Å². The summed E-state index contributed by atoms with van der Waals surface area (Å²) in [6.45, 7) is 14.7. The highest BCUT2D eigenvalue weighted by Crippen LogP contribution is 2.22. The van der Waals surface area contributed by atoms with Gasteiger partial charge in [0.05, 0.1) is 6.10 Å². The van der Waals surface area contributed by atoms with Gasteiger partial charge in [-0.3, -0.25) is 0 Å². The molecule has 0 fully saturated rings. The number of hydrogen-bond acceptors (Lipinski definition) is 2. The predicted octanol–water partition coefficient (Wildman–Crippen LogP) is 4.08. The van der Waals surface area contributed by atoms with Crippen LogP contribution in [0.4, 0.5) is 0 Å². The molecule has 1 atom stereocenters. The van der Waals surface area contributed by atoms with Crippen LogP contribution in [0.2, 0.25) is 0 Å². The summed E-state index contributed by atoms with van der Waals surface area (Å²) in [5.74, 6) is 0. The van der Waals surface area contributed by atoms with Crippen molar-refractivity contribution >= 4 is 0 Å². The number of hydrogen-bond donors (Lipinski definition) is 1. The summed E-state index contributed by atoms with van der Waals surface area (Å²) in [6.07, 6.45) is 6.62. The van der Waals surface area contributed by atoms with Crippen molar-refractivity contribution in [1.29, 1.82) is 0 Å². The molecule has 0 unspecified atom stereocenters. The highest BCUT2D eigenvalue weighted by molar-refractivity contribution is 4.64. The molecular weight excluding hydrogens is 222 g/mol. The zero-order valence-corrected chi connectivity index (χ0v) is 13.3. The van der Waals surface area contributed by atoms with Crippen molar-refractivity contribution in [2.24, 2.45) is 5.41 Å². The molecule has 0 amide bonds. The van der Waals surface area contributed by atoms with Gasteiger partial charge in [-0.2, -0.15) is 0 Å². The van der Waals surface area contributed by atoms with Gasteiger partial charge >= 0.3 is 0 Å². The first-order valence-corrected chi connectivity index (χ1v) is 7.79. The topological polar surface area (TPSA) is 23.5 Å². The van der Waals surface area contributed by atoms with Crippen LogP contribution in [0, 0.1) is 5.41 Å². The van der Waals surface area contributed by atoms with Crippen LogP contribution >= 0.6 is 0 Å². The van der Waals surface area contributed by atoms with Crippen LogP contribution in [0.25, 0.3) is 0 Å². The summed E-state index contributed by atoms with van der Waals surface area (Å²) in [5, 5.41) is 9.91. The standard InChI is InChI=1S/C16H35NO/c1-6-17(7-2)14-9-8-11-15(18)12-10-13-16(3,4)5/h15,18H,6-14H2,1-5H3/t15-/m0/s1. The second-order valence-electron chi connectivity index (χ2n) is 6.63. The van der Waals surface area contributed by atoms with Crippen molar-refractivity contribution in [1.82, 2.24) is 4.90 Å². The van der Waals surface area contributed by atoms with E-state index in [9.17, 15) is 5.11 Å². The summed E-state index contributed by atoms with van der Waals surface area (Å²) in [5.41, 5.74) is 0.405. The number of aliphatic hydroxyl groups is 1. The molecule has 0 rings (SSSR count). The Bertz CT molecular complexity index is 182. The molecule has 0 bridgehead atoms. The Kier molecular flexibility index (Phi) is 9.76. The third-order valence-electron chi connectivity index (χ3n) is 3.62. The van der Waals surface area contributed by atoms with Gasteiger partial charge in [0.25, 0.3) is 0 Å². The van der Waals surface area contributed by atoms with Gasteiger partial charge in [-0.15, -0.1) is 0 Å². The molecule has 0 aromatic rings. The molecule has 0 aliphatic rings. The summed E-state index contributed by atoms with van der Waals surface area (Å²) in [7, 11) is 0. The molecule has 0 spiro atoms. The van der Waals surface area contributed by atoms with Gasteiger partial charge in [-0.25, -0.2) is 0 Å². The molecule has 2 nitrogen and oxygen atoms in total. The molecule has 0 heterocycles. The van der Waals surface area contributed by atoms with E-state index in [-0.39, 0.29) is 6.10 Å². The van der Waals surface area contributed by atoms with Gasteiger partial charge < -0.3 is 10.0 Å². The van der Waals surface area contributed by atoms with Gasteiger partial charge in [0, 0.05) is 0 Å². The van der Waals surface area contributed by atoms with E-state index in [2.05, 4.69) is 39.5 Å². The maximum absolute atomic E-state index is 9.91. The van der Waals surface area contributed by atoms with Gasteiger partial charge in [-0.1, -0.05) is 41.0 Å². The van der Waals surface area contributed by atoms with Crippen LogP contribution in [0.1, 0.15) is 73.1 Å². The molecule has 0 saturated heterocycles. The van der Waals surface area contributed by atoms with E-state index in [0.29, 0.717) is 5.41 Å². The smallest absolute Gasteiger partial charge is 0.0540 e. The highest BCUT2D eigenvalue weighted by Gasteiger charge is 2.11. The Morgan fingerprint density at radius 1 is 0.944 bits per heavy atom. The second-order valence-corrected chi connectivity index (χ2v) is 6.63. The summed E-state index contributed by atoms with van der Waals surface area (Å²) in [4.78, 5) is 2.45. The first-order chi connectivity index (χ1) is 8.39. The monoisotopic (exact) mass is 257 g/mol. The summed E-state index contributed by atoms with van der Waals surface area (Å²) >= 11 is 0. The van der Waals surface area contributed by atoms with Gasteiger partial charge in [0.2, 0.25) is 0 Å². The zero-order chi connectivity index (χ0) is 14.0. The molecule has 0 aliphatic carbocycles. The van der Waals surface area contributed by atoms with Gasteiger partial charge in [0.1, 0.15) is 0 Å². The van der Waals surface area contributed by atoms with E-state index in [1.54, 1.807) is 0 Å². The van der Waals surface area contributed by atoms with Crippen LogP contribution < -0.4 is 0 Å². The normalized spacial score (nSPS) is 14.2. The minimum absolute atomic E-state index is 0.0796. The van der Waals surface area contributed by atoms with Gasteiger partial charge in [0.15, 0.2) is 0 Å². The molecule has 110 valence electrons. The Morgan fingerprint density at radius 2 is 1.50 bits per heavy atom. The average molecular weight is 257 g/mol. The van der Waals surface area contributed by atoms with Crippen molar-refractivity contribution in [3.63, 3.8) is 0 Å². The van der Waals surface area contributed by atoms with Crippen LogP contribution in [0.3, 0.4) is 0 Å². The fourth-order valence-electron chi connectivity index (χ4n) is 2.27. The van der Waals surface area contributed by atoms with Crippen LogP contribution in [-0.4, -0.2) is 35.7 Å². The fraction of sp³-hybridized carbons (Fsp3) is 1.00. The molecule has 0 aromatic carbocycles. The van der Waals surface area contributed by atoms with Crippen molar-refractivity contribution < 1.29 is 5.11 Å². The van der Waals surface area contributed by atoms with Crippen LogP contribution in [0.15, 0.2) is 0 Å². The summed E-state index contributed by atoms with van der Waals surface area (Å²) < 4.78 is 0. The first kappa shape index (κ1) is 17.9. The van der Waals surface area contributed by atoms with E-state index in [1.807, 2.05) is 0 Å². The lowest BCUT2D eigenvalue weighted by molar-refractivity contribution is 0.141. The molecule has 0 saturated carbocycles. The van der Waals surface area contributed by atoms with E-state index < -0.39 is 0 Å². The Hall–Kier alpha value is -0.0800. The number of aliphatic hydroxyl groups excluding tert-OH is 1. The van der Waals surface area contributed by atoms with E-state index in [0.717, 1.165) is 38.8 Å². The molecular formula is C16H35NO. The third-order valence-corrected chi connectivity index (χ3v) is 3.62. The molecule has 2 heteroatoms.